The van der Waals surface area contributed by atoms with E-state index in [1.54, 1.807) is 6.08 Å². The van der Waals surface area contributed by atoms with Crippen molar-refractivity contribution in [3.8, 4) is 6.07 Å². The first kappa shape index (κ1) is 8.09. The number of hydrogen-bond donors (Lipinski definition) is 1. The molecule has 0 radical (unpaired) electrons. The van der Waals surface area contributed by atoms with Crippen LogP contribution in [-0.4, -0.2) is 31.1 Å². The molecular formula is C8H13N3. The first-order valence-corrected chi connectivity index (χ1v) is 3.86. The van der Waals surface area contributed by atoms with E-state index in [-0.39, 0.29) is 0 Å². The van der Waals surface area contributed by atoms with Gasteiger partial charge in [0.05, 0.1) is 6.07 Å². The van der Waals surface area contributed by atoms with Crippen molar-refractivity contribution in [1.29, 1.82) is 5.26 Å². The summed E-state index contributed by atoms with van der Waals surface area (Å²) in [7, 11) is 0. The Labute approximate surface area is 67.3 Å². The molecule has 0 aromatic heterocycles. The third-order valence-electron chi connectivity index (χ3n) is 1.89. The Morgan fingerprint density at radius 3 is 2.73 bits per heavy atom. The Bertz CT molecular complexity index is 184. The topological polar surface area (TPSA) is 39.1 Å². The Hall–Kier alpha value is -1.01. The second-order valence-corrected chi connectivity index (χ2v) is 2.65. The average Bonchev–Trinajstić information content (AvgIpc) is 2.07. The third-order valence-corrected chi connectivity index (χ3v) is 1.89. The van der Waals surface area contributed by atoms with Gasteiger partial charge in [-0.3, -0.25) is 0 Å². The first-order valence-electron chi connectivity index (χ1n) is 3.86. The van der Waals surface area contributed by atoms with E-state index in [1.807, 2.05) is 13.0 Å². The smallest absolute Gasteiger partial charge is 0.0930 e. The van der Waals surface area contributed by atoms with Crippen molar-refractivity contribution in [2.75, 3.05) is 26.2 Å². The lowest BCUT2D eigenvalue weighted by molar-refractivity contribution is 0.300. The molecule has 1 rings (SSSR count). The first-order chi connectivity index (χ1) is 5.34. The summed E-state index contributed by atoms with van der Waals surface area (Å²) in [6, 6.07) is 2.04. The standard InChI is InChI=1S/C8H13N3/c1-8(2-3-9)11-6-4-10-5-7-11/h2,10H,4-7H2,1H3. The van der Waals surface area contributed by atoms with Crippen LogP contribution in [0.25, 0.3) is 0 Å². The molecule has 0 spiro atoms. The van der Waals surface area contributed by atoms with Gasteiger partial charge in [-0.2, -0.15) is 5.26 Å². The van der Waals surface area contributed by atoms with Crippen molar-refractivity contribution >= 4 is 0 Å². The van der Waals surface area contributed by atoms with Gasteiger partial charge in [-0.25, -0.2) is 0 Å². The lowest BCUT2D eigenvalue weighted by atomic mass is 10.3. The lowest BCUT2D eigenvalue weighted by Gasteiger charge is -2.29. The van der Waals surface area contributed by atoms with E-state index in [0.717, 1.165) is 31.9 Å². The molecule has 0 atom stereocenters. The molecule has 1 N–H and O–H groups in total. The second kappa shape index (κ2) is 3.99. The number of allylic oxidation sites excluding steroid dienone is 2. The molecule has 1 fully saturated rings. The van der Waals surface area contributed by atoms with Crippen LogP contribution in [0, 0.1) is 11.3 Å². The van der Waals surface area contributed by atoms with Crippen molar-refractivity contribution in [2.24, 2.45) is 0 Å². The molecule has 60 valence electrons. The van der Waals surface area contributed by atoms with Gasteiger partial charge in [-0.1, -0.05) is 0 Å². The van der Waals surface area contributed by atoms with E-state index in [4.69, 9.17) is 5.26 Å². The summed E-state index contributed by atoms with van der Waals surface area (Å²) in [5.74, 6) is 0. The normalized spacial score (nSPS) is 19.6. The minimum atomic E-state index is 1.02. The van der Waals surface area contributed by atoms with Gasteiger partial charge >= 0.3 is 0 Å². The van der Waals surface area contributed by atoms with E-state index < -0.39 is 0 Å². The predicted octanol–water partition coefficient (Wildman–Crippen LogP) is 0.319. The maximum Gasteiger partial charge on any atom is 0.0930 e. The molecule has 0 amide bonds. The zero-order valence-electron chi connectivity index (χ0n) is 6.80. The molecular weight excluding hydrogens is 138 g/mol. The molecule has 1 saturated heterocycles. The fraction of sp³-hybridized carbons (Fsp3) is 0.625. The predicted molar refractivity (Wildman–Crippen MR) is 43.8 cm³/mol. The van der Waals surface area contributed by atoms with Gasteiger partial charge < -0.3 is 10.2 Å². The van der Waals surface area contributed by atoms with Gasteiger partial charge in [0.25, 0.3) is 0 Å². The van der Waals surface area contributed by atoms with Crippen LogP contribution in [0.15, 0.2) is 11.8 Å². The lowest BCUT2D eigenvalue weighted by Crippen LogP contribution is -2.42. The molecule has 0 aromatic carbocycles. The summed E-state index contributed by atoms with van der Waals surface area (Å²) in [6.45, 7) is 6.07. The van der Waals surface area contributed by atoms with E-state index >= 15 is 0 Å². The molecule has 0 saturated carbocycles. The number of hydrogen-bond acceptors (Lipinski definition) is 3. The molecule has 11 heavy (non-hydrogen) atoms. The Morgan fingerprint density at radius 1 is 1.55 bits per heavy atom. The summed E-state index contributed by atoms with van der Waals surface area (Å²) >= 11 is 0. The fourth-order valence-corrected chi connectivity index (χ4v) is 1.20. The van der Waals surface area contributed by atoms with E-state index in [9.17, 15) is 0 Å². The molecule has 1 heterocycles. The molecule has 1 aliphatic rings. The van der Waals surface area contributed by atoms with Gasteiger partial charge in [0.15, 0.2) is 0 Å². The molecule has 0 aliphatic carbocycles. The maximum absolute atomic E-state index is 8.40. The average molecular weight is 151 g/mol. The maximum atomic E-state index is 8.40. The van der Waals surface area contributed by atoms with Crippen molar-refractivity contribution in [3.63, 3.8) is 0 Å². The number of nitrogens with zero attached hydrogens (tertiary/aromatic N) is 2. The number of rotatable bonds is 1. The highest BCUT2D eigenvalue weighted by Gasteiger charge is 2.08. The highest BCUT2D eigenvalue weighted by molar-refractivity contribution is 5.10. The largest absolute Gasteiger partial charge is 0.372 e. The Morgan fingerprint density at radius 2 is 2.18 bits per heavy atom. The van der Waals surface area contributed by atoms with Crippen molar-refractivity contribution in [3.05, 3.63) is 11.8 Å². The molecule has 0 unspecified atom stereocenters. The molecule has 0 aromatic rings. The number of nitriles is 1. The zero-order chi connectivity index (χ0) is 8.10. The second-order valence-electron chi connectivity index (χ2n) is 2.65. The van der Waals surface area contributed by atoms with E-state index in [0.29, 0.717) is 0 Å². The third kappa shape index (κ3) is 2.24. The van der Waals surface area contributed by atoms with Gasteiger partial charge in [0.1, 0.15) is 0 Å². The van der Waals surface area contributed by atoms with E-state index in [1.165, 1.54) is 0 Å². The van der Waals surface area contributed by atoms with Gasteiger partial charge in [0.2, 0.25) is 0 Å². The van der Waals surface area contributed by atoms with Crippen LogP contribution >= 0.6 is 0 Å². The van der Waals surface area contributed by atoms with Crippen LogP contribution in [-0.2, 0) is 0 Å². The molecule has 1 aliphatic heterocycles. The fourth-order valence-electron chi connectivity index (χ4n) is 1.20. The van der Waals surface area contributed by atoms with Crippen LogP contribution in [0.1, 0.15) is 6.92 Å². The molecule has 0 bridgehead atoms. The summed E-state index contributed by atoms with van der Waals surface area (Å²) in [5.41, 5.74) is 1.08. The zero-order valence-corrected chi connectivity index (χ0v) is 6.80. The Kier molecular flexibility index (Phi) is 2.94. The summed E-state index contributed by atoms with van der Waals surface area (Å²) in [4.78, 5) is 2.22. The highest BCUT2D eigenvalue weighted by Crippen LogP contribution is 2.02. The van der Waals surface area contributed by atoms with Crippen LogP contribution in [0.3, 0.4) is 0 Å². The minimum absolute atomic E-state index is 1.02. The molecule has 3 nitrogen and oxygen atoms in total. The molecule has 3 heteroatoms. The Balaban J connectivity index is 2.46. The summed E-state index contributed by atoms with van der Waals surface area (Å²) < 4.78 is 0. The van der Waals surface area contributed by atoms with Gasteiger partial charge in [0, 0.05) is 38.0 Å². The monoisotopic (exact) mass is 151 g/mol. The SMILES string of the molecule is CC(=CC#N)N1CCNCC1. The highest BCUT2D eigenvalue weighted by atomic mass is 15.2. The van der Waals surface area contributed by atoms with Gasteiger partial charge in [-0.05, 0) is 6.92 Å². The van der Waals surface area contributed by atoms with Crippen LogP contribution in [0.2, 0.25) is 0 Å². The van der Waals surface area contributed by atoms with Crippen LogP contribution < -0.4 is 5.32 Å². The van der Waals surface area contributed by atoms with Crippen molar-refractivity contribution < 1.29 is 0 Å². The van der Waals surface area contributed by atoms with Crippen LogP contribution in [0.5, 0.6) is 0 Å². The van der Waals surface area contributed by atoms with Crippen molar-refractivity contribution in [1.82, 2.24) is 10.2 Å². The summed E-state index contributed by atoms with van der Waals surface area (Å²) in [5, 5.41) is 11.7. The van der Waals surface area contributed by atoms with Crippen molar-refractivity contribution in [2.45, 2.75) is 6.92 Å². The van der Waals surface area contributed by atoms with E-state index in [2.05, 4.69) is 10.2 Å². The minimum Gasteiger partial charge on any atom is -0.372 e. The van der Waals surface area contributed by atoms with Gasteiger partial charge in [-0.15, -0.1) is 0 Å². The van der Waals surface area contributed by atoms with Crippen LogP contribution in [0.4, 0.5) is 0 Å². The quantitative estimate of drug-likeness (QED) is 0.548. The number of nitrogens with one attached hydrogen (secondary N) is 1. The number of piperazine rings is 1. The summed E-state index contributed by atoms with van der Waals surface area (Å²) in [6.07, 6.45) is 1.60.